The fraction of sp³-hybridized carbons (Fsp3) is 0.794. The fourth-order valence-corrected chi connectivity index (χ4v) is 8.55. The predicted molar refractivity (Wildman–Crippen MR) is 298 cm³/mol. The molecule has 0 aliphatic heterocycles. The van der Waals surface area contributed by atoms with Crippen LogP contribution in [0.4, 0.5) is 0 Å². The lowest BCUT2D eigenvalue weighted by Gasteiger charge is -2.18. The highest BCUT2D eigenvalue weighted by Gasteiger charge is 2.19. The summed E-state index contributed by atoms with van der Waals surface area (Å²) in [6, 6.07) is 0. The number of carbonyl (C=O) groups excluding carboxylic acids is 3. The second kappa shape index (κ2) is 57.7. The summed E-state index contributed by atoms with van der Waals surface area (Å²) in [5.74, 6) is -0.902. The predicted octanol–water partition coefficient (Wildman–Crippen LogP) is 20.0. The molecule has 0 saturated heterocycles. The zero-order valence-corrected chi connectivity index (χ0v) is 45.8. The van der Waals surface area contributed by atoms with E-state index in [1.807, 2.05) is 0 Å². The van der Waals surface area contributed by atoms with Crippen molar-refractivity contribution in [3.63, 3.8) is 0 Å². The van der Waals surface area contributed by atoms with E-state index >= 15 is 0 Å². The molecule has 0 bridgehead atoms. The Bertz CT molecular complexity index is 1250. The summed E-state index contributed by atoms with van der Waals surface area (Å²) in [5, 5.41) is 0. The number of unbranched alkanes of at least 4 members (excludes halogenated alkanes) is 33. The van der Waals surface area contributed by atoms with Crippen LogP contribution < -0.4 is 0 Å². The van der Waals surface area contributed by atoms with Gasteiger partial charge in [-0.25, -0.2) is 0 Å². The number of hydrogen-bond donors (Lipinski definition) is 0. The molecule has 0 aromatic carbocycles. The van der Waals surface area contributed by atoms with E-state index in [1.54, 1.807) is 0 Å². The molecule has 0 aliphatic rings. The Morgan fingerprint density at radius 1 is 0.304 bits per heavy atom. The van der Waals surface area contributed by atoms with Crippen LogP contribution in [0.5, 0.6) is 0 Å². The van der Waals surface area contributed by atoms with Crippen LogP contribution in [0, 0.1) is 0 Å². The molecular weight excluding hydrogens is 853 g/mol. The maximum Gasteiger partial charge on any atom is 0.306 e. The lowest BCUT2D eigenvalue weighted by molar-refractivity contribution is -0.167. The van der Waals surface area contributed by atoms with Crippen LogP contribution in [0.15, 0.2) is 60.8 Å². The first-order valence-corrected chi connectivity index (χ1v) is 29.8. The number of rotatable bonds is 54. The van der Waals surface area contributed by atoms with E-state index in [2.05, 4.69) is 81.5 Å². The Morgan fingerprint density at radius 3 is 0.899 bits per heavy atom. The third-order valence-corrected chi connectivity index (χ3v) is 13.0. The van der Waals surface area contributed by atoms with E-state index in [4.69, 9.17) is 14.2 Å². The minimum atomic E-state index is -0.789. The molecule has 0 rings (SSSR count). The number of esters is 3. The lowest BCUT2D eigenvalue weighted by atomic mass is 10.0. The summed E-state index contributed by atoms with van der Waals surface area (Å²) in [5.41, 5.74) is 0. The van der Waals surface area contributed by atoms with Gasteiger partial charge in [-0.3, -0.25) is 14.4 Å². The first-order chi connectivity index (χ1) is 34.0. The Morgan fingerprint density at radius 2 is 0.565 bits per heavy atom. The van der Waals surface area contributed by atoms with Crippen molar-refractivity contribution in [3.05, 3.63) is 60.8 Å². The van der Waals surface area contributed by atoms with Gasteiger partial charge >= 0.3 is 17.9 Å². The number of hydrogen-bond acceptors (Lipinski definition) is 6. The quantitative estimate of drug-likeness (QED) is 0.0262. The van der Waals surface area contributed by atoms with Gasteiger partial charge in [-0.1, -0.05) is 261 Å². The van der Waals surface area contributed by atoms with E-state index in [0.717, 1.165) is 103 Å². The molecule has 6 nitrogen and oxygen atoms in total. The van der Waals surface area contributed by atoms with E-state index in [1.165, 1.54) is 161 Å². The van der Waals surface area contributed by atoms with Gasteiger partial charge in [0.25, 0.3) is 0 Å². The van der Waals surface area contributed by atoms with Gasteiger partial charge < -0.3 is 14.2 Å². The van der Waals surface area contributed by atoms with Crippen LogP contribution in [0.2, 0.25) is 0 Å². The van der Waals surface area contributed by atoms with Gasteiger partial charge in [0.1, 0.15) is 13.2 Å². The molecule has 0 radical (unpaired) electrons. The molecule has 0 aromatic heterocycles. The average Bonchev–Trinajstić information content (AvgIpc) is 3.35. The van der Waals surface area contributed by atoms with Crippen molar-refractivity contribution in [1.82, 2.24) is 0 Å². The molecule has 1 unspecified atom stereocenters. The summed E-state index contributed by atoms with van der Waals surface area (Å²) in [6.07, 6.45) is 72.1. The van der Waals surface area contributed by atoms with Crippen molar-refractivity contribution >= 4 is 17.9 Å². The molecule has 0 fully saturated rings. The molecule has 0 N–H and O–H groups in total. The van der Waals surface area contributed by atoms with Crippen LogP contribution >= 0.6 is 0 Å². The molecule has 0 aliphatic carbocycles. The highest BCUT2D eigenvalue weighted by atomic mass is 16.6. The summed E-state index contributed by atoms with van der Waals surface area (Å²) in [6.45, 7) is 6.53. The van der Waals surface area contributed by atoms with Crippen LogP contribution in [-0.2, 0) is 28.6 Å². The third kappa shape index (κ3) is 55.9. The Labute approximate surface area is 428 Å². The Balaban J connectivity index is 4.40. The third-order valence-electron chi connectivity index (χ3n) is 13.0. The van der Waals surface area contributed by atoms with Gasteiger partial charge in [0.05, 0.1) is 0 Å². The molecule has 69 heavy (non-hydrogen) atoms. The molecule has 0 heterocycles. The van der Waals surface area contributed by atoms with Gasteiger partial charge in [-0.15, -0.1) is 0 Å². The summed E-state index contributed by atoms with van der Waals surface area (Å²) < 4.78 is 16.9. The number of allylic oxidation sites excluding steroid dienone is 10. The SMILES string of the molecule is CC/C=C\C/C=C\C/C=C\C/C=C\CCCCCCC(=O)OC(COC(=O)CCCCCCC/C=C\CCCCCCCCC)COC(=O)CCCCCCCCCCCCCCCCCCCC. The standard InChI is InChI=1S/C63H112O6/c1-4-7-10-13-16-19-22-25-28-31-33-35-38-41-44-47-50-53-56-62(65)68-59-60(58-67-61(64)55-52-49-46-43-40-37-34-30-27-24-21-18-15-12-9-6-3)69-63(66)57-54-51-48-45-42-39-36-32-29-26-23-20-17-14-11-8-5-2/h8,11,17,20,26,29-30,34,36,39,60H,4-7,9-10,12-16,18-19,21-25,27-28,31-33,35,37-38,40-59H2,1-3H3/b11-8-,20-17-,29-26-,34-30-,39-36-. The lowest BCUT2D eigenvalue weighted by Crippen LogP contribution is -2.30. The molecule has 0 aromatic rings. The minimum absolute atomic E-state index is 0.0841. The number of carbonyl (C=O) groups is 3. The highest BCUT2D eigenvalue weighted by Crippen LogP contribution is 2.16. The first-order valence-electron chi connectivity index (χ1n) is 29.8. The van der Waals surface area contributed by atoms with Gasteiger partial charge in [0.2, 0.25) is 0 Å². The van der Waals surface area contributed by atoms with Crippen molar-refractivity contribution in [2.24, 2.45) is 0 Å². The zero-order chi connectivity index (χ0) is 50.0. The minimum Gasteiger partial charge on any atom is -0.462 e. The van der Waals surface area contributed by atoms with Crippen molar-refractivity contribution in [3.8, 4) is 0 Å². The van der Waals surface area contributed by atoms with Crippen molar-refractivity contribution in [2.45, 2.75) is 309 Å². The van der Waals surface area contributed by atoms with Gasteiger partial charge in [-0.05, 0) is 83.5 Å². The molecule has 0 amide bonds. The van der Waals surface area contributed by atoms with Crippen LogP contribution in [-0.4, -0.2) is 37.2 Å². The summed E-state index contributed by atoms with van der Waals surface area (Å²) in [4.78, 5) is 38.2. The van der Waals surface area contributed by atoms with Crippen molar-refractivity contribution in [1.29, 1.82) is 0 Å². The van der Waals surface area contributed by atoms with Crippen molar-refractivity contribution < 1.29 is 28.6 Å². The van der Waals surface area contributed by atoms with E-state index < -0.39 is 6.10 Å². The normalized spacial score (nSPS) is 12.4. The maximum absolute atomic E-state index is 12.9. The largest absolute Gasteiger partial charge is 0.462 e. The molecule has 400 valence electrons. The van der Waals surface area contributed by atoms with Gasteiger partial charge in [0, 0.05) is 19.3 Å². The first kappa shape index (κ1) is 66.1. The van der Waals surface area contributed by atoms with E-state index in [9.17, 15) is 14.4 Å². The summed E-state index contributed by atoms with van der Waals surface area (Å²) >= 11 is 0. The van der Waals surface area contributed by atoms with Crippen LogP contribution in [0.25, 0.3) is 0 Å². The van der Waals surface area contributed by atoms with E-state index in [-0.39, 0.29) is 31.1 Å². The van der Waals surface area contributed by atoms with E-state index in [0.29, 0.717) is 19.3 Å². The monoisotopic (exact) mass is 965 g/mol. The Kier molecular flexibility index (Phi) is 55.3. The van der Waals surface area contributed by atoms with Gasteiger partial charge in [0.15, 0.2) is 6.10 Å². The van der Waals surface area contributed by atoms with Crippen LogP contribution in [0.1, 0.15) is 303 Å². The maximum atomic E-state index is 12.9. The smallest absolute Gasteiger partial charge is 0.306 e. The van der Waals surface area contributed by atoms with Gasteiger partial charge in [-0.2, -0.15) is 0 Å². The second-order valence-electron chi connectivity index (χ2n) is 19.9. The molecule has 1 atom stereocenters. The molecule has 0 spiro atoms. The molecular formula is C63H112O6. The fourth-order valence-electron chi connectivity index (χ4n) is 8.55. The molecule has 6 heteroatoms. The average molecular weight is 966 g/mol. The molecule has 0 saturated carbocycles. The zero-order valence-electron chi connectivity index (χ0n) is 45.8. The summed E-state index contributed by atoms with van der Waals surface area (Å²) in [7, 11) is 0. The van der Waals surface area contributed by atoms with Crippen molar-refractivity contribution in [2.75, 3.05) is 13.2 Å². The Hall–Kier alpha value is -2.89. The van der Waals surface area contributed by atoms with Crippen LogP contribution in [0.3, 0.4) is 0 Å². The number of ether oxygens (including phenoxy) is 3. The second-order valence-corrected chi connectivity index (χ2v) is 19.9. The topological polar surface area (TPSA) is 78.9 Å². The highest BCUT2D eigenvalue weighted by molar-refractivity contribution is 5.71.